The average molecular weight is 265 g/mol. The van der Waals surface area contributed by atoms with Crippen LogP contribution in [0.5, 0.6) is 0 Å². The van der Waals surface area contributed by atoms with E-state index in [9.17, 15) is 4.79 Å². The van der Waals surface area contributed by atoms with Crippen molar-refractivity contribution in [3.63, 3.8) is 0 Å². The predicted octanol–water partition coefficient (Wildman–Crippen LogP) is 1.57. The smallest absolute Gasteiger partial charge is 0.356 e. The Bertz CT molecular complexity index is 422. The van der Waals surface area contributed by atoms with E-state index in [-0.39, 0.29) is 11.8 Å². The van der Waals surface area contributed by atoms with Crippen LogP contribution >= 0.6 is 0 Å². The first kappa shape index (κ1) is 13.7. The summed E-state index contributed by atoms with van der Waals surface area (Å²) in [5, 5.41) is 8.79. The highest BCUT2D eigenvalue weighted by molar-refractivity contribution is 5.84. The van der Waals surface area contributed by atoms with Crippen molar-refractivity contribution in [1.82, 2.24) is 9.97 Å². The lowest BCUT2D eigenvalue weighted by Gasteiger charge is -2.33. The second-order valence-corrected chi connectivity index (χ2v) is 4.65. The molecule has 104 valence electrons. The summed E-state index contributed by atoms with van der Waals surface area (Å²) in [6.07, 6.45) is 6.19. The Hall–Kier alpha value is -1.69. The number of aromatic carboxylic acids is 1. The zero-order chi connectivity index (χ0) is 13.7. The molecule has 6 heteroatoms. The zero-order valence-corrected chi connectivity index (χ0v) is 11.1. The molecule has 1 aliphatic heterocycles. The Morgan fingerprint density at radius 3 is 3.00 bits per heavy atom. The molecule has 0 aromatic carbocycles. The molecule has 0 aliphatic carbocycles. The number of hydrogen-bond donors (Lipinski definition) is 1. The molecule has 1 aromatic rings. The molecule has 0 amide bonds. The highest BCUT2D eigenvalue weighted by Gasteiger charge is 2.21. The summed E-state index contributed by atoms with van der Waals surface area (Å²) in [5.74, 6) is -0.336. The summed E-state index contributed by atoms with van der Waals surface area (Å²) in [7, 11) is 0. The summed E-state index contributed by atoms with van der Waals surface area (Å²) in [6, 6.07) is 0. The van der Waals surface area contributed by atoms with Gasteiger partial charge in [0.05, 0.1) is 18.5 Å². The van der Waals surface area contributed by atoms with E-state index < -0.39 is 5.97 Å². The van der Waals surface area contributed by atoms with Gasteiger partial charge in [0.25, 0.3) is 0 Å². The van der Waals surface area contributed by atoms with Gasteiger partial charge < -0.3 is 14.7 Å². The van der Waals surface area contributed by atoms with E-state index in [1.165, 1.54) is 12.4 Å². The largest absolute Gasteiger partial charge is 0.476 e. The van der Waals surface area contributed by atoms with Crippen molar-refractivity contribution >= 4 is 11.8 Å². The molecule has 1 atom stereocenters. The molecule has 2 heterocycles. The number of rotatable bonds is 5. The number of aromatic nitrogens is 2. The predicted molar refractivity (Wildman–Crippen MR) is 70.5 cm³/mol. The van der Waals surface area contributed by atoms with Crippen molar-refractivity contribution < 1.29 is 14.6 Å². The zero-order valence-electron chi connectivity index (χ0n) is 11.1. The summed E-state index contributed by atoms with van der Waals surface area (Å²) in [5.41, 5.74) is -0.0282. The molecule has 0 spiro atoms. The molecule has 1 unspecified atom stereocenters. The van der Waals surface area contributed by atoms with Gasteiger partial charge in [-0.3, -0.25) is 0 Å². The van der Waals surface area contributed by atoms with Crippen LogP contribution in [0.4, 0.5) is 5.82 Å². The van der Waals surface area contributed by atoms with Crippen LogP contribution in [-0.4, -0.2) is 46.8 Å². The first-order chi connectivity index (χ1) is 9.20. The fourth-order valence-electron chi connectivity index (χ4n) is 2.16. The summed E-state index contributed by atoms with van der Waals surface area (Å²) >= 11 is 0. The van der Waals surface area contributed by atoms with E-state index in [4.69, 9.17) is 9.84 Å². The fraction of sp³-hybridized carbons (Fsp3) is 0.615. The third kappa shape index (κ3) is 3.64. The highest BCUT2D eigenvalue weighted by atomic mass is 16.5. The van der Waals surface area contributed by atoms with E-state index in [1.807, 2.05) is 0 Å². The van der Waals surface area contributed by atoms with Gasteiger partial charge in [0.2, 0.25) is 0 Å². The van der Waals surface area contributed by atoms with Crippen LogP contribution in [0.3, 0.4) is 0 Å². The van der Waals surface area contributed by atoms with Gasteiger partial charge in [-0.05, 0) is 19.3 Å². The molecule has 1 N–H and O–H groups in total. The number of ether oxygens (including phenoxy) is 1. The van der Waals surface area contributed by atoms with E-state index in [2.05, 4.69) is 21.8 Å². The van der Waals surface area contributed by atoms with Crippen LogP contribution in [0, 0.1) is 0 Å². The minimum absolute atomic E-state index is 0.0282. The first-order valence-electron chi connectivity index (χ1n) is 6.62. The number of piperidine rings is 1. The lowest BCUT2D eigenvalue weighted by Crippen LogP contribution is -2.40. The first-order valence-corrected chi connectivity index (χ1v) is 6.62. The monoisotopic (exact) mass is 265 g/mol. The Labute approximate surface area is 112 Å². The summed E-state index contributed by atoms with van der Waals surface area (Å²) < 4.78 is 5.76. The second kappa shape index (κ2) is 6.47. The molecule has 6 nitrogen and oxygen atoms in total. The number of carboxylic acids is 1. The molecule has 1 fully saturated rings. The van der Waals surface area contributed by atoms with Crippen LogP contribution in [0.2, 0.25) is 0 Å². The van der Waals surface area contributed by atoms with Crippen molar-refractivity contribution in [3.8, 4) is 0 Å². The average Bonchev–Trinajstić information content (AvgIpc) is 2.45. The molecule has 1 aliphatic rings. The third-order valence-electron chi connectivity index (χ3n) is 3.12. The van der Waals surface area contributed by atoms with Gasteiger partial charge in [0.1, 0.15) is 5.82 Å². The Kier molecular flexibility index (Phi) is 4.68. The normalized spacial score (nSPS) is 19.4. The SMILES string of the molecule is CCCOC1CCCN(c2cnc(C(=O)O)cn2)C1. The maximum absolute atomic E-state index is 10.7. The molecule has 19 heavy (non-hydrogen) atoms. The fourth-order valence-corrected chi connectivity index (χ4v) is 2.16. The molecule has 2 rings (SSSR count). The Morgan fingerprint density at radius 2 is 2.37 bits per heavy atom. The number of hydrogen-bond acceptors (Lipinski definition) is 5. The standard InChI is InChI=1S/C13H19N3O3/c1-2-6-19-10-4-3-5-16(9-10)12-8-14-11(7-15-12)13(17)18/h7-8,10H,2-6,9H2,1H3,(H,17,18). The van der Waals surface area contributed by atoms with Crippen molar-refractivity contribution in [2.75, 3.05) is 24.6 Å². The molecular weight excluding hydrogens is 246 g/mol. The van der Waals surface area contributed by atoms with Gasteiger partial charge in [0, 0.05) is 19.7 Å². The third-order valence-corrected chi connectivity index (χ3v) is 3.12. The number of carbonyl (C=O) groups is 1. The van der Waals surface area contributed by atoms with Crippen LogP contribution < -0.4 is 4.90 Å². The van der Waals surface area contributed by atoms with E-state index in [1.54, 1.807) is 0 Å². The van der Waals surface area contributed by atoms with Crippen LogP contribution in [0.25, 0.3) is 0 Å². The Morgan fingerprint density at radius 1 is 1.53 bits per heavy atom. The molecule has 0 bridgehead atoms. The van der Waals surface area contributed by atoms with Crippen molar-refractivity contribution in [3.05, 3.63) is 18.1 Å². The minimum atomic E-state index is -1.05. The molecule has 0 saturated carbocycles. The van der Waals surface area contributed by atoms with Crippen molar-refractivity contribution in [2.45, 2.75) is 32.3 Å². The quantitative estimate of drug-likeness (QED) is 0.871. The van der Waals surface area contributed by atoms with Gasteiger partial charge in [0.15, 0.2) is 5.69 Å². The lowest BCUT2D eigenvalue weighted by atomic mass is 10.1. The van der Waals surface area contributed by atoms with E-state index in [0.29, 0.717) is 0 Å². The van der Waals surface area contributed by atoms with Crippen LogP contribution in [0.15, 0.2) is 12.4 Å². The molecular formula is C13H19N3O3. The van der Waals surface area contributed by atoms with Crippen molar-refractivity contribution in [1.29, 1.82) is 0 Å². The number of nitrogens with zero attached hydrogens (tertiary/aromatic N) is 3. The topological polar surface area (TPSA) is 75.5 Å². The van der Waals surface area contributed by atoms with Crippen molar-refractivity contribution in [2.24, 2.45) is 0 Å². The maximum Gasteiger partial charge on any atom is 0.356 e. The summed E-state index contributed by atoms with van der Waals surface area (Å²) in [4.78, 5) is 20.9. The van der Waals surface area contributed by atoms with E-state index in [0.717, 1.165) is 44.8 Å². The van der Waals surface area contributed by atoms with Gasteiger partial charge in [-0.25, -0.2) is 14.8 Å². The molecule has 1 saturated heterocycles. The minimum Gasteiger partial charge on any atom is -0.476 e. The van der Waals surface area contributed by atoms with Crippen LogP contribution in [-0.2, 0) is 4.74 Å². The maximum atomic E-state index is 10.7. The number of anilines is 1. The summed E-state index contributed by atoms with van der Waals surface area (Å²) in [6.45, 7) is 4.58. The van der Waals surface area contributed by atoms with E-state index >= 15 is 0 Å². The number of carboxylic acid groups (broad SMARTS) is 1. The Balaban J connectivity index is 1.98. The lowest BCUT2D eigenvalue weighted by molar-refractivity contribution is 0.0439. The van der Waals surface area contributed by atoms with Gasteiger partial charge >= 0.3 is 5.97 Å². The second-order valence-electron chi connectivity index (χ2n) is 4.65. The van der Waals surface area contributed by atoms with Gasteiger partial charge in [-0.15, -0.1) is 0 Å². The molecule has 1 aromatic heterocycles. The van der Waals surface area contributed by atoms with Crippen LogP contribution in [0.1, 0.15) is 36.7 Å². The highest BCUT2D eigenvalue weighted by Crippen LogP contribution is 2.19. The van der Waals surface area contributed by atoms with Gasteiger partial charge in [-0.1, -0.05) is 6.92 Å². The molecule has 0 radical (unpaired) electrons. The van der Waals surface area contributed by atoms with Gasteiger partial charge in [-0.2, -0.15) is 0 Å².